The lowest BCUT2D eigenvalue weighted by Crippen LogP contribution is -2.24. The van der Waals surface area contributed by atoms with Gasteiger partial charge in [0.2, 0.25) is 0 Å². The molecule has 0 bridgehead atoms. The van der Waals surface area contributed by atoms with Crippen LogP contribution in [0.2, 0.25) is 0 Å². The van der Waals surface area contributed by atoms with Gasteiger partial charge in [-0.25, -0.2) is 4.68 Å². The Morgan fingerprint density at radius 2 is 2.04 bits per heavy atom. The molecule has 0 radical (unpaired) electrons. The van der Waals surface area contributed by atoms with Crippen LogP contribution in [-0.2, 0) is 16.1 Å². The van der Waals surface area contributed by atoms with Gasteiger partial charge in [-0.1, -0.05) is 35.5 Å². The van der Waals surface area contributed by atoms with E-state index < -0.39 is 0 Å². The van der Waals surface area contributed by atoms with Crippen LogP contribution in [0.25, 0.3) is 22.2 Å². The summed E-state index contributed by atoms with van der Waals surface area (Å²) < 4.78 is 11.5. The minimum absolute atomic E-state index is 0.235. The maximum atomic E-state index is 12.6. The topological polar surface area (TPSA) is 87.2 Å². The first-order valence-corrected chi connectivity index (χ1v) is 8.20. The molecule has 130 valence electrons. The van der Waals surface area contributed by atoms with Crippen LogP contribution < -0.4 is 5.56 Å². The monoisotopic (exact) mass is 341 g/mol. The lowest BCUT2D eigenvalue weighted by Gasteiger charge is -2.08. The number of nitrogens with zero attached hydrogens (tertiary/aromatic N) is 3. The van der Waals surface area contributed by atoms with E-state index in [9.17, 15) is 9.59 Å². The Morgan fingerprint density at radius 3 is 2.76 bits per heavy atom. The average molecular weight is 341 g/mol. The minimum Gasteiger partial charge on any atom is -0.466 e. The second kappa shape index (κ2) is 7.29. The summed E-state index contributed by atoms with van der Waals surface area (Å²) in [6.07, 6.45) is 0.695. The number of carbonyl (C=O) groups excluding carboxylic acids is 1. The van der Waals surface area contributed by atoms with E-state index in [0.29, 0.717) is 36.4 Å². The lowest BCUT2D eigenvalue weighted by atomic mass is 10.1. The largest absolute Gasteiger partial charge is 0.466 e. The predicted octanol–water partition coefficient (Wildman–Crippen LogP) is 2.70. The van der Waals surface area contributed by atoms with Gasteiger partial charge >= 0.3 is 5.97 Å². The molecule has 0 N–H and O–H groups in total. The molecular weight excluding hydrogens is 322 g/mol. The quantitative estimate of drug-likeness (QED) is 0.641. The van der Waals surface area contributed by atoms with Gasteiger partial charge < -0.3 is 9.26 Å². The number of ether oxygens (including phenoxy) is 1. The molecule has 0 atom stereocenters. The Hall–Kier alpha value is -2.96. The van der Waals surface area contributed by atoms with Gasteiger partial charge in [-0.05, 0) is 20.3 Å². The van der Waals surface area contributed by atoms with E-state index in [1.165, 1.54) is 4.68 Å². The highest BCUT2D eigenvalue weighted by atomic mass is 16.5. The molecule has 7 heteroatoms. The smallest absolute Gasteiger partial charge is 0.305 e. The molecule has 25 heavy (non-hydrogen) atoms. The van der Waals surface area contributed by atoms with Crippen molar-refractivity contribution in [2.45, 2.75) is 33.2 Å². The SMILES string of the molecule is CCOC(=O)CCCn1nc(-c2ccccc2)c2c(C)onc2c1=O. The minimum atomic E-state index is -0.324. The second-order valence-electron chi connectivity index (χ2n) is 5.61. The van der Waals surface area contributed by atoms with Crippen molar-refractivity contribution in [2.75, 3.05) is 6.61 Å². The van der Waals surface area contributed by atoms with Crippen LogP contribution in [0.4, 0.5) is 0 Å². The first-order chi connectivity index (χ1) is 12.1. The number of benzene rings is 1. The van der Waals surface area contributed by atoms with Gasteiger partial charge in [0.05, 0.1) is 12.0 Å². The van der Waals surface area contributed by atoms with Crippen molar-refractivity contribution in [3.8, 4) is 11.3 Å². The number of hydrogen-bond acceptors (Lipinski definition) is 6. The number of hydrogen-bond donors (Lipinski definition) is 0. The molecule has 0 aliphatic rings. The zero-order chi connectivity index (χ0) is 17.8. The molecule has 0 unspecified atom stereocenters. The summed E-state index contributed by atoms with van der Waals surface area (Å²) in [5.41, 5.74) is 1.45. The van der Waals surface area contributed by atoms with E-state index in [1.807, 2.05) is 30.3 Å². The highest BCUT2D eigenvalue weighted by Crippen LogP contribution is 2.26. The summed E-state index contributed by atoms with van der Waals surface area (Å²) >= 11 is 0. The van der Waals surface area contributed by atoms with Gasteiger partial charge in [-0.3, -0.25) is 9.59 Å². The van der Waals surface area contributed by atoms with Crippen molar-refractivity contribution in [3.05, 3.63) is 46.4 Å². The summed E-state index contributed by atoms with van der Waals surface area (Å²) in [4.78, 5) is 24.1. The van der Waals surface area contributed by atoms with Crippen molar-refractivity contribution in [3.63, 3.8) is 0 Å². The van der Waals surface area contributed by atoms with Gasteiger partial charge in [0.15, 0.2) is 5.52 Å². The normalized spacial score (nSPS) is 11.0. The second-order valence-corrected chi connectivity index (χ2v) is 5.61. The van der Waals surface area contributed by atoms with Crippen molar-refractivity contribution >= 4 is 16.9 Å². The number of aromatic nitrogens is 3. The Kier molecular flexibility index (Phi) is 4.92. The number of aryl methyl sites for hydroxylation is 2. The van der Waals surface area contributed by atoms with Crippen LogP contribution in [0.1, 0.15) is 25.5 Å². The van der Waals surface area contributed by atoms with Crippen molar-refractivity contribution in [2.24, 2.45) is 0 Å². The Balaban J connectivity index is 1.98. The molecule has 7 nitrogen and oxygen atoms in total. The molecular formula is C18H19N3O4. The number of rotatable bonds is 6. The molecule has 1 aromatic carbocycles. The van der Waals surface area contributed by atoms with E-state index in [2.05, 4.69) is 10.3 Å². The summed E-state index contributed by atoms with van der Waals surface area (Å²) in [5.74, 6) is 0.273. The summed E-state index contributed by atoms with van der Waals surface area (Å²) in [7, 11) is 0. The molecule has 0 spiro atoms. The fraction of sp³-hybridized carbons (Fsp3) is 0.333. The molecule has 0 saturated carbocycles. The highest BCUT2D eigenvalue weighted by Gasteiger charge is 2.18. The van der Waals surface area contributed by atoms with Gasteiger partial charge in [-0.15, -0.1) is 0 Å². The van der Waals surface area contributed by atoms with Crippen molar-refractivity contribution in [1.29, 1.82) is 0 Å². The van der Waals surface area contributed by atoms with Gasteiger partial charge in [0.1, 0.15) is 11.5 Å². The van der Waals surface area contributed by atoms with E-state index in [4.69, 9.17) is 9.26 Å². The van der Waals surface area contributed by atoms with E-state index >= 15 is 0 Å². The molecule has 0 saturated heterocycles. The maximum absolute atomic E-state index is 12.6. The third-order valence-electron chi connectivity index (χ3n) is 3.86. The van der Waals surface area contributed by atoms with E-state index in [1.54, 1.807) is 13.8 Å². The number of carbonyl (C=O) groups is 1. The third kappa shape index (κ3) is 3.45. The molecule has 0 aliphatic carbocycles. The van der Waals surface area contributed by atoms with E-state index in [-0.39, 0.29) is 23.5 Å². The Labute approximate surface area is 144 Å². The van der Waals surface area contributed by atoms with Crippen LogP contribution in [0.15, 0.2) is 39.6 Å². The maximum Gasteiger partial charge on any atom is 0.305 e. The van der Waals surface area contributed by atoms with Gasteiger partial charge in [0, 0.05) is 18.5 Å². The highest BCUT2D eigenvalue weighted by molar-refractivity contribution is 5.92. The first-order valence-electron chi connectivity index (χ1n) is 8.20. The zero-order valence-electron chi connectivity index (χ0n) is 14.2. The molecule has 2 aromatic heterocycles. The van der Waals surface area contributed by atoms with Crippen molar-refractivity contribution < 1.29 is 14.1 Å². The standard InChI is InChI=1S/C18H19N3O4/c1-3-24-14(22)10-7-11-21-18(23)17-15(12(2)25-20-17)16(19-21)13-8-5-4-6-9-13/h4-6,8-9H,3,7,10-11H2,1-2H3. The molecule has 3 aromatic rings. The van der Waals surface area contributed by atoms with Crippen LogP contribution in [-0.4, -0.2) is 27.5 Å². The van der Waals surface area contributed by atoms with Crippen molar-refractivity contribution in [1.82, 2.24) is 14.9 Å². The number of esters is 1. The molecule has 0 fully saturated rings. The molecule has 0 amide bonds. The zero-order valence-corrected chi connectivity index (χ0v) is 14.2. The van der Waals surface area contributed by atoms with Crippen LogP contribution >= 0.6 is 0 Å². The molecule has 3 rings (SSSR count). The predicted molar refractivity (Wildman–Crippen MR) is 92.1 cm³/mol. The van der Waals surface area contributed by atoms with Crippen LogP contribution in [0, 0.1) is 6.92 Å². The summed E-state index contributed by atoms with van der Waals surface area (Å²) in [5, 5.41) is 9.02. The number of fused-ring (bicyclic) bond motifs is 1. The third-order valence-corrected chi connectivity index (χ3v) is 3.86. The molecule has 2 heterocycles. The van der Waals surface area contributed by atoms with Crippen LogP contribution in [0.3, 0.4) is 0 Å². The fourth-order valence-corrected chi connectivity index (χ4v) is 2.69. The first kappa shape index (κ1) is 16.9. The van der Waals surface area contributed by atoms with Crippen LogP contribution in [0.5, 0.6) is 0 Å². The van der Waals surface area contributed by atoms with Gasteiger partial charge in [0.25, 0.3) is 5.56 Å². The van der Waals surface area contributed by atoms with Gasteiger partial charge in [-0.2, -0.15) is 5.10 Å². The lowest BCUT2D eigenvalue weighted by molar-refractivity contribution is -0.143. The Morgan fingerprint density at radius 1 is 1.28 bits per heavy atom. The fourth-order valence-electron chi connectivity index (χ4n) is 2.69. The van der Waals surface area contributed by atoms with E-state index in [0.717, 1.165) is 5.56 Å². The summed E-state index contributed by atoms with van der Waals surface area (Å²) in [6.45, 7) is 4.17. The Bertz CT molecular complexity index is 944. The summed E-state index contributed by atoms with van der Waals surface area (Å²) in [6, 6.07) is 9.56. The average Bonchev–Trinajstić information content (AvgIpc) is 3.00. The molecule has 0 aliphatic heterocycles.